The second-order valence-corrected chi connectivity index (χ2v) is 6.64. The number of amides is 1. The van der Waals surface area contributed by atoms with Crippen LogP contribution < -0.4 is 0 Å². The summed E-state index contributed by atoms with van der Waals surface area (Å²) in [6.45, 7) is 3.13. The number of hydrogen-bond acceptors (Lipinski definition) is 4. The molecule has 1 saturated carbocycles. The van der Waals surface area contributed by atoms with Crippen LogP contribution in [-0.2, 0) is 11.2 Å². The first kappa shape index (κ1) is 17.0. The molecule has 2 heterocycles. The summed E-state index contributed by atoms with van der Waals surface area (Å²) in [5, 5.41) is 9.27. The Morgan fingerprint density at radius 3 is 2.54 bits per heavy atom. The van der Waals surface area contributed by atoms with E-state index in [-0.39, 0.29) is 29.4 Å². The Hall–Kier alpha value is -1.82. The molecule has 1 aliphatic heterocycles. The molecule has 0 aromatic carbocycles. The van der Waals surface area contributed by atoms with Crippen LogP contribution in [0, 0.1) is 0 Å². The van der Waals surface area contributed by atoms with Crippen LogP contribution in [0.3, 0.4) is 0 Å². The van der Waals surface area contributed by atoms with E-state index >= 15 is 0 Å². The van der Waals surface area contributed by atoms with Crippen molar-refractivity contribution in [1.29, 1.82) is 0 Å². The third-order valence-electron chi connectivity index (χ3n) is 5.02. The molecule has 132 valence electrons. The van der Waals surface area contributed by atoms with Gasteiger partial charge in [0, 0.05) is 31.7 Å². The van der Waals surface area contributed by atoms with Gasteiger partial charge < -0.3 is 19.2 Å². The molecule has 1 aromatic heterocycles. The molecule has 1 aliphatic carbocycles. The van der Waals surface area contributed by atoms with E-state index in [9.17, 15) is 14.7 Å². The van der Waals surface area contributed by atoms with Crippen molar-refractivity contribution >= 4 is 11.9 Å². The van der Waals surface area contributed by atoms with Gasteiger partial charge in [0.1, 0.15) is 11.3 Å². The largest absolute Gasteiger partial charge is 0.478 e. The zero-order chi connectivity index (χ0) is 17.1. The predicted molar refractivity (Wildman–Crippen MR) is 87.3 cm³/mol. The molecule has 1 atom stereocenters. The van der Waals surface area contributed by atoms with Crippen LogP contribution in [-0.4, -0.2) is 47.2 Å². The molecule has 6 nitrogen and oxygen atoms in total. The fraction of sp³-hybridized carbons (Fsp3) is 0.667. The summed E-state index contributed by atoms with van der Waals surface area (Å²) in [5.74, 6) is -0.774. The van der Waals surface area contributed by atoms with Crippen LogP contribution in [0.4, 0.5) is 0 Å². The van der Waals surface area contributed by atoms with Crippen LogP contribution in [0.25, 0.3) is 0 Å². The molecule has 0 spiro atoms. The first-order valence-electron chi connectivity index (χ1n) is 8.88. The van der Waals surface area contributed by atoms with Gasteiger partial charge in [-0.1, -0.05) is 19.8 Å². The number of ether oxygens (including phenoxy) is 1. The van der Waals surface area contributed by atoms with E-state index in [0.29, 0.717) is 18.7 Å². The maximum absolute atomic E-state index is 13.0. The summed E-state index contributed by atoms with van der Waals surface area (Å²) >= 11 is 0. The summed E-state index contributed by atoms with van der Waals surface area (Å²) in [6.07, 6.45) is 6.75. The number of carboxylic acid groups (broad SMARTS) is 1. The van der Waals surface area contributed by atoms with E-state index in [0.717, 1.165) is 45.1 Å². The molecule has 2 fully saturated rings. The van der Waals surface area contributed by atoms with Crippen molar-refractivity contribution < 1.29 is 23.8 Å². The highest BCUT2D eigenvalue weighted by Gasteiger charge is 2.33. The summed E-state index contributed by atoms with van der Waals surface area (Å²) in [4.78, 5) is 26.2. The average Bonchev–Trinajstić information content (AvgIpc) is 3.32. The average molecular weight is 335 g/mol. The topological polar surface area (TPSA) is 80.0 Å². The molecule has 6 heteroatoms. The summed E-state index contributed by atoms with van der Waals surface area (Å²) in [5.41, 5.74) is 0.0874. The Bertz CT molecular complexity index is 597. The van der Waals surface area contributed by atoms with Crippen molar-refractivity contribution in [2.75, 3.05) is 13.2 Å². The summed E-state index contributed by atoms with van der Waals surface area (Å²) in [7, 11) is 0. The van der Waals surface area contributed by atoms with E-state index < -0.39 is 5.97 Å². The lowest BCUT2D eigenvalue weighted by Crippen LogP contribution is -2.43. The number of aryl methyl sites for hydroxylation is 1. The second-order valence-electron chi connectivity index (χ2n) is 6.64. The van der Waals surface area contributed by atoms with Crippen molar-refractivity contribution in [3.63, 3.8) is 0 Å². The van der Waals surface area contributed by atoms with Crippen molar-refractivity contribution in [2.45, 2.75) is 64.0 Å². The van der Waals surface area contributed by atoms with Gasteiger partial charge in [0.05, 0.1) is 6.10 Å². The van der Waals surface area contributed by atoms with Gasteiger partial charge in [0.15, 0.2) is 5.76 Å². The van der Waals surface area contributed by atoms with Crippen molar-refractivity contribution in [1.82, 2.24) is 4.90 Å². The molecule has 24 heavy (non-hydrogen) atoms. The van der Waals surface area contributed by atoms with Crippen LogP contribution >= 0.6 is 0 Å². The Balaban J connectivity index is 1.83. The van der Waals surface area contributed by atoms with Gasteiger partial charge in [-0.3, -0.25) is 4.79 Å². The number of carbonyl (C=O) groups is 2. The standard InChI is InChI=1S/C18H25NO5/c1-2-15-14(18(21)22)10-16(24-15)17(20)19(12-6-3-4-7-12)11-13-8-5-9-23-13/h10,12-13H,2-9,11H2,1H3,(H,21,22). The second kappa shape index (κ2) is 7.38. The van der Waals surface area contributed by atoms with E-state index in [4.69, 9.17) is 9.15 Å². The van der Waals surface area contributed by atoms with Gasteiger partial charge in [-0.15, -0.1) is 0 Å². The lowest BCUT2D eigenvalue weighted by molar-refractivity contribution is 0.0396. The van der Waals surface area contributed by atoms with Gasteiger partial charge in [-0.2, -0.15) is 0 Å². The van der Waals surface area contributed by atoms with Gasteiger partial charge in [-0.05, 0) is 25.7 Å². The number of carboxylic acids is 1. The first-order valence-corrected chi connectivity index (χ1v) is 8.88. The van der Waals surface area contributed by atoms with Gasteiger partial charge in [-0.25, -0.2) is 4.79 Å². The van der Waals surface area contributed by atoms with E-state index in [1.54, 1.807) is 0 Å². The molecular formula is C18H25NO5. The number of furan rings is 1. The summed E-state index contributed by atoms with van der Waals surface area (Å²) < 4.78 is 11.3. The lowest BCUT2D eigenvalue weighted by Gasteiger charge is -2.30. The Morgan fingerprint density at radius 1 is 1.25 bits per heavy atom. The molecular weight excluding hydrogens is 310 g/mol. The number of nitrogens with zero attached hydrogens (tertiary/aromatic N) is 1. The van der Waals surface area contributed by atoms with Gasteiger partial charge in [0.25, 0.3) is 5.91 Å². The number of hydrogen-bond donors (Lipinski definition) is 1. The van der Waals surface area contributed by atoms with Crippen molar-refractivity contribution in [3.8, 4) is 0 Å². The molecule has 0 radical (unpaired) electrons. The SMILES string of the molecule is CCc1oc(C(=O)N(CC2CCCO2)C2CCCC2)cc1C(=O)O. The molecule has 3 rings (SSSR count). The van der Waals surface area contributed by atoms with Crippen molar-refractivity contribution in [3.05, 3.63) is 23.2 Å². The Labute approximate surface area is 141 Å². The smallest absolute Gasteiger partial charge is 0.339 e. The Kier molecular flexibility index (Phi) is 5.23. The third kappa shape index (κ3) is 3.48. The van der Waals surface area contributed by atoms with E-state index in [1.807, 2.05) is 11.8 Å². The van der Waals surface area contributed by atoms with E-state index in [2.05, 4.69) is 0 Å². The maximum Gasteiger partial charge on any atom is 0.339 e. The summed E-state index contributed by atoms with van der Waals surface area (Å²) in [6, 6.07) is 1.58. The highest BCUT2D eigenvalue weighted by atomic mass is 16.5. The number of carbonyl (C=O) groups excluding carboxylic acids is 1. The normalized spacial score (nSPS) is 21.3. The fourth-order valence-electron chi connectivity index (χ4n) is 3.74. The van der Waals surface area contributed by atoms with Gasteiger partial charge >= 0.3 is 5.97 Å². The molecule has 1 N–H and O–H groups in total. The zero-order valence-electron chi connectivity index (χ0n) is 14.1. The van der Waals surface area contributed by atoms with Crippen LogP contribution in [0.1, 0.15) is 72.1 Å². The lowest BCUT2D eigenvalue weighted by atomic mass is 10.1. The minimum absolute atomic E-state index is 0.0779. The Morgan fingerprint density at radius 2 is 2.00 bits per heavy atom. The molecule has 1 aromatic rings. The quantitative estimate of drug-likeness (QED) is 0.864. The fourth-order valence-corrected chi connectivity index (χ4v) is 3.74. The monoisotopic (exact) mass is 335 g/mol. The molecule has 0 bridgehead atoms. The molecule has 1 amide bonds. The number of aromatic carboxylic acids is 1. The van der Waals surface area contributed by atoms with Crippen molar-refractivity contribution in [2.24, 2.45) is 0 Å². The van der Waals surface area contributed by atoms with Gasteiger partial charge in [0.2, 0.25) is 0 Å². The minimum atomic E-state index is -1.05. The molecule has 1 saturated heterocycles. The highest BCUT2D eigenvalue weighted by Crippen LogP contribution is 2.28. The van der Waals surface area contributed by atoms with E-state index in [1.165, 1.54) is 6.07 Å². The number of rotatable bonds is 6. The zero-order valence-corrected chi connectivity index (χ0v) is 14.1. The van der Waals surface area contributed by atoms with Crippen LogP contribution in [0.5, 0.6) is 0 Å². The molecule has 1 unspecified atom stereocenters. The predicted octanol–water partition coefficient (Wildman–Crippen LogP) is 3.10. The van der Waals surface area contributed by atoms with Crippen LogP contribution in [0.2, 0.25) is 0 Å². The molecule has 2 aliphatic rings. The minimum Gasteiger partial charge on any atom is -0.478 e. The highest BCUT2D eigenvalue weighted by molar-refractivity contribution is 5.96. The van der Waals surface area contributed by atoms with Crippen LogP contribution in [0.15, 0.2) is 10.5 Å². The third-order valence-corrected chi connectivity index (χ3v) is 5.02. The maximum atomic E-state index is 13.0. The first-order chi connectivity index (χ1) is 11.6.